The summed E-state index contributed by atoms with van der Waals surface area (Å²) in [6.07, 6.45) is 3.12. The fourth-order valence-corrected chi connectivity index (χ4v) is 3.42. The number of anilines is 2. The molecule has 2 aromatic rings. The number of aliphatic hydroxyl groups excluding tert-OH is 1. The van der Waals surface area contributed by atoms with Crippen molar-refractivity contribution in [1.29, 1.82) is 0 Å². The molecule has 1 saturated heterocycles. The van der Waals surface area contributed by atoms with E-state index in [2.05, 4.69) is 58.5 Å². The minimum absolute atomic E-state index is 0.309. The summed E-state index contributed by atoms with van der Waals surface area (Å²) in [5, 5.41) is 12.4. The van der Waals surface area contributed by atoms with E-state index in [9.17, 15) is 5.11 Å². The fourth-order valence-electron chi connectivity index (χ4n) is 3.42. The topological polar surface area (TPSA) is 73.9 Å². The molecule has 1 aliphatic rings. The fraction of sp³-hybridized carbons (Fsp3) is 0.409. The van der Waals surface area contributed by atoms with E-state index in [0.29, 0.717) is 25.0 Å². The zero-order valence-electron chi connectivity index (χ0n) is 16.1. The molecule has 0 aromatic heterocycles. The minimum Gasteiger partial charge on any atom is -0.396 e. The minimum atomic E-state index is 0.309. The SMILES string of the molecule is CCc1cccc(NC(N)=NCc2ccc(N3CCC(CO)CC3)cc2)c1. The van der Waals surface area contributed by atoms with Gasteiger partial charge in [0.2, 0.25) is 0 Å². The second-order valence-corrected chi connectivity index (χ2v) is 7.16. The Labute approximate surface area is 161 Å². The van der Waals surface area contributed by atoms with E-state index in [1.807, 2.05) is 12.1 Å². The molecule has 0 bridgehead atoms. The van der Waals surface area contributed by atoms with Crippen LogP contribution in [0, 0.1) is 5.92 Å². The molecule has 5 heteroatoms. The number of aliphatic hydroxyl groups is 1. The predicted molar refractivity (Wildman–Crippen MR) is 113 cm³/mol. The number of piperidine rings is 1. The van der Waals surface area contributed by atoms with Crippen molar-refractivity contribution in [2.75, 3.05) is 29.9 Å². The average Bonchev–Trinajstić information content (AvgIpc) is 2.73. The van der Waals surface area contributed by atoms with Gasteiger partial charge in [-0.25, -0.2) is 4.99 Å². The van der Waals surface area contributed by atoms with Crippen LogP contribution in [0.1, 0.15) is 30.9 Å². The molecule has 0 saturated carbocycles. The van der Waals surface area contributed by atoms with Crippen LogP contribution in [0.3, 0.4) is 0 Å². The van der Waals surface area contributed by atoms with Crippen LogP contribution in [0.2, 0.25) is 0 Å². The van der Waals surface area contributed by atoms with Gasteiger partial charge in [-0.15, -0.1) is 0 Å². The lowest BCUT2D eigenvalue weighted by molar-refractivity contribution is 0.203. The van der Waals surface area contributed by atoms with Crippen molar-refractivity contribution < 1.29 is 5.11 Å². The van der Waals surface area contributed by atoms with Gasteiger partial charge in [0.1, 0.15) is 0 Å². The Morgan fingerprint density at radius 1 is 1.15 bits per heavy atom. The number of hydrogen-bond donors (Lipinski definition) is 3. The van der Waals surface area contributed by atoms with Gasteiger partial charge >= 0.3 is 0 Å². The zero-order chi connectivity index (χ0) is 19.1. The van der Waals surface area contributed by atoms with Gasteiger partial charge in [-0.3, -0.25) is 0 Å². The number of hydrogen-bond acceptors (Lipinski definition) is 3. The zero-order valence-corrected chi connectivity index (χ0v) is 16.1. The van der Waals surface area contributed by atoms with Gasteiger partial charge in [-0.05, 0) is 60.6 Å². The highest BCUT2D eigenvalue weighted by atomic mass is 16.3. The molecule has 0 atom stereocenters. The maximum absolute atomic E-state index is 9.26. The lowest BCUT2D eigenvalue weighted by Gasteiger charge is -2.32. The molecule has 4 N–H and O–H groups in total. The molecule has 0 spiro atoms. The first-order valence-electron chi connectivity index (χ1n) is 9.78. The van der Waals surface area contributed by atoms with Crippen LogP contribution in [0.4, 0.5) is 11.4 Å². The molecule has 2 aromatic carbocycles. The first-order valence-corrected chi connectivity index (χ1v) is 9.78. The lowest BCUT2D eigenvalue weighted by Crippen LogP contribution is -2.34. The number of nitrogens with zero attached hydrogens (tertiary/aromatic N) is 2. The summed E-state index contributed by atoms with van der Waals surface area (Å²) < 4.78 is 0. The first kappa shape index (κ1) is 19.2. The molecule has 0 unspecified atom stereocenters. The molecule has 1 fully saturated rings. The summed E-state index contributed by atoms with van der Waals surface area (Å²) in [7, 11) is 0. The lowest BCUT2D eigenvalue weighted by atomic mass is 9.97. The molecule has 144 valence electrons. The van der Waals surface area contributed by atoms with Crippen LogP contribution in [0.15, 0.2) is 53.5 Å². The number of nitrogens with one attached hydrogen (secondary N) is 1. The molecule has 1 heterocycles. The maximum Gasteiger partial charge on any atom is 0.193 e. The molecule has 5 nitrogen and oxygen atoms in total. The average molecular weight is 367 g/mol. The summed E-state index contributed by atoms with van der Waals surface area (Å²) in [4.78, 5) is 6.84. The Balaban J connectivity index is 1.54. The summed E-state index contributed by atoms with van der Waals surface area (Å²) in [5.41, 5.74) is 10.6. The van der Waals surface area contributed by atoms with E-state index in [1.165, 1.54) is 11.3 Å². The Bertz CT molecular complexity index is 749. The second-order valence-electron chi connectivity index (χ2n) is 7.16. The van der Waals surface area contributed by atoms with Crippen molar-refractivity contribution in [3.8, 4) is 0 Å². The van der Waals surface area contributed by atoms with E-state index in [0.717, 1.165) is 43.6 Å². The predicted octanol–water partition coefficient (Wildman–Crippen LogP) is 3.38. The highest BCUT2D eigenvalue weighted by Crippen LogP contribution is 2.23. The standard InChI is InChI=1S/C22H30N4O/c1-2-17-4-3-5-20(14-17)25-22(23)24-15-18-6-8-21(9-7-18)26-12-10-19(16-27)11-13-26/h3-9,14,19,27H,2,10-13,15-16H2,1H3,(H3,23,24,25). The van der Waals surface area contributed by atoms with Crippen LogP contribution < -0.4 is 16.0 Å². The van der Waals surface area contributed by atoms with Crippen LogP contribution in [0.25, 0.3) is 0 Å². The van der Waals surface area contributed by atoms with Crippen molar-refractivity contribution in [2.45, 2.75) is 32.7 Å². The molecule has 3 rings (SSSR count). The van der Waals surface area contributed by atoms with Gasteiger partial charge in [0.05, 0.1) is 6.54 Å². The number of benzene rings is 2. The highest BCUT2D eigenvalue weighted by Gasteiger charge is 2.18. The van der Waals surface area contributed by atoms with Gasteiger partial charge in [-0.1, -0.05) is 31.2 Å². The van der Waals surface area contributed by atoms with E-state index in [-0.39, 0.29) is 0 Å². The Morgan fingerprint density at radius 2 is 1.89 bits per heavy atom. The van der Waals surface area contributed by atoms with Crippen LogP contribution in [-0.2, 0) is 13.0 Å². The Hall–Kier alpha value is -2.53. The third kappa shape index (κ3) is 5.47. The largest absolute Gasteiger partial charge is 0.396 e. The third-order valence-corrected chi connectivity index (χ3v) is 5.21. The molecule has 0 radical (unpaired) electrons. The highest BCUT2D eigenvalue weighted by molar-refractivity contribution is 5.92. The number of aryl methyl sites for hydroxylation is 1. The maximum atomic E-state index is 9.26. The van der Waals surface area contributed by atoms with Crippen molar-refractivity contribution in [1.82, 2.24) is 0 Å². The van der Waals surface area contributed by atoms with Gasteiger partial charge in [0.15, 0.2) is 5.96 Å². The quantitative estimate of drug-likeness (QED) is 0.541. The number of rotatable bonds is 6. The monoisotopic (exact) mass is 366 g/mol. The van der Waals surface area contributed by atoms with Gasteiger partial charge in [0, 0.05) is 31.1 Å². The second kappa shape index (κ2) is 9.42. The summed E-state index contributed by atoms with van der Waals surface area (Å²) >= 11 is 0. The van der Waals surface area contributed by atoms with E-state index in [4.69, 9.17) is 5.73 Å². The van der Waals surface area contributed by atoms with E-state index < -0.39 is 0 Å². The molecule has 0 amide bonds. The van der Waals surface area contributed by atoms with Crippen molar-refractivity contribution in [3.63, 3.8) is 0 Å². The number of aliphatic imine (C=N–C) groups is 1. The Morgan fingerprint density at radius 3 is 2.56 bits per heavy atom. The van der Waals surface area contributed by atoms with E-state index >= 15 is 0 Å². The van der Waals surface area contributed by atoms with Gasteiger partial charge in [0.25, 0.3) is 0 Å². The smallest absolute Gasteiger partial charge is 0.193 e. The molecule has 1 aliphatic heterocycles. The summed E-state index contributed by atoms with van der Waals surface area (Å²) in [6.45, 7) is 5.02. The van der Waals surface area contributed by atoms with Gasteiger partial charge < -0.3 is 21.1 Å². The molecule has 0 aliphatic carbocycles. The summed E-state index contributed by atoms with van der Waals surface area (Å²) in [5.74, 6) is 0.891. The number of nitrogens with two attached hydrogens (primary N) is 1. The molecular weight excluding hydrogens is 336 g/mol. The van der Waals surface area contributed by atoms with Crippen LogP contribution in [0.5, 0.6) is 0 Å². The van der Waals surface area contributed by atoms with Crippen molar-refractivity contribution in [2.24, 2.45) is 16.6 Å². The molecular formula is C22H30N4O. The number of guanidine groups is 1. The summed E-state index contributed by atoms with van der Waals surface area (Å²) in [6, 6.07) is 16.7. The van der Waals surface area contributed by atoms with Crippen LogP contribution >= 0.6 is 0 Å². The van der Waals surface area contributed by atoms with E-state index in [1.54, 1.807) is 0 Å². The molecule has 27 heavy (non-hydrogen) atoms. The van der Waals surface area contributed by atoms with Crippen molar-refractivity contribution >= 4 is 17.3 Å². The first-order chi connectivity index (χ1) is 13.2. The van der Waals surface area contributed by atoms with Gasteiger partial charge in [-0.2, -0.15) is 0 Å². The van der Waals surface area contributed by atoms with Crippen LogP contribution in [-0.4, -0.2) is 30.8 Å². The van der Waals surface area contributed by atoms with Crippen molar-refractivity contribution in [3.05, 3.63) is 59.7 Å². The third-order valence-electron chi connectivity index (χ3n) is 5.21. The Kier molecular flexibility index (Phi) is 6.71. The normalized spacial score (nSPS) is 15.8.